The minimum absolute atomic E-state index is 0.0188. The molecule has 1 aromatic carbocycles. The molecule has 0 spiro atoms. The lowest BCUT2D eigenvalue weighted by Crippen LogP contribution is -2.49. The van der Waals surface area contributed by atoms with E-state index in [0.717, 1.165) is 24.9 Å². The van der Waals surface area contributed by atoms with E-state index in [-0.39, 0.29) is 25.1 Å². The van der Waals surface area contributed by atoms with Gasteiger partial charge in [0.2, 0.25) is 0 Å². The number of amides is 1. The molecule has 0 atom stereocenters. The second-order valence-electron chi connectivity index (χ2n) is 7.20. The molecule has 0 aliphatic carbocycles. The molecule has 0 saturated carbocycles. The van der Waals surface area contributed by atoms with Crippen molar-refractivity contribution in [1.29, 1.82) is 0 Å². The Balaban J connectivity index is 1.87. The first-order chi connectivity index (χ1) is 14.5. The fraction of sp³-hybridized carbons (Fsp3) is 0.619. The largest absolute Gasteiger partial charge is 0.484 e. The van der Waals surface area contributed by atoms with Crippen LogP contribution in [0.1, 0.15) is 32.3 Å². The van der Waals surface area contributed by atoms with Gasteiger partial charge in [-0.1, -0.05) is 12.1 Å². The normalized spacial score (nSPS) is 15.8. The van der Waals surface area contributed by atoms with E-state index in [1.807, 2.05) is 38.1 Å². The number of halogens is 2. The van der Waals surface area contributed by atoms with Crippen molar-refractivity contribution in [3.05, 3.63) is 29.8 Å². The molecule has 1 aliphatic rings. The van der Waals surface area contributed by atoms with Crippen molar-refractivity contribution >= 4 is 11.9 Å². The highest BCUT2D eigenvalue weighted by Gasteiger charge is 2.21. The maximum atomic E-state index is 12.5. The molecule has 3 N–H and O–H groups in total. The van der Waals surface area contributed by atoms with E-state index in [0.29, 0.717) is 37.9 Å². The number of carbonyl (C=O) groups is 1. The monoisotopic (exact) mass is 425 g/mol. The average molecular weight is 426 g/mol. The van der Waals surface area contributed by atoms with Crippen molar-refractivity contribution in [2.45, 2.75) is 45.7 Å². The quantitative estimate of drug-likeness (QED) is 0.395. The standard InChI is InChI=1S/C21H33F2N5O2/c1-3-24-20(29)15-30-18-7-5-6-16(12-18)13-26-21(25-4-2)27-17-8-10-28(11-9-17)14-19(22)23/h5-7,12,17,19H,3-4,8-11,13-15H2,1-2H3,(H,24,29)(H2,25,26,27). The number of hydrogen-bond acceptors (Lipinski definition) is 4. The molecular formula is C21H33F2N5O2. The molecule has 1 saturated heterocycles. The van der Waals surface area contributed by atoms with E-state index in [9.17, 15) is 13.6 Å². The fourth-order valence-corrected chi connectivity index (χ4v) is 3.27. The predicted octanol–water partition coefficient (Wildman–Crippen LogP) is 1.99. The maximum Gasteiger partial charge on any atom is 0.257 e. The van der Waals surface area contributed by atoms with Gasteiger partial charge < -0.3 is 20.7 Å². The van der Waals surface area contributed by atoms with Gasteiger partial charge in [-0.3, -0.25) is 9.69 Å². The van der Waals surface area contributed by atoms with E-state index in [1.165, 1.54) is 0 Å². The number of likely N-dealkylation sites (N-methyl/N-ethyl adjacent to an activating group) is 1. The molecule has 7 nitrogen and oxygen atoms in total. The number of guanidine groups is 1. The number of carbonyl (C=O) groups excluding carboxylic acids is 1. The molecule has 1 amide bonds. The molecule has 0 unspecified atom stereocenters. The first kappa shape index (κ1) is 23.9. The van der Waals surface area contributed by atoms with E-state index < -0.39 is 6.43 Å². The van der Waals surface area contributed by atoms with Gasteiger partial charge in [-0.05, 0) is 44.4 Å². The van der Waals surface area contributed by atoms with Crippen LogP contribution in [0.4, 0.5) is 8.78 Å². The number of alkyl halides is 2. The Labute approximate surface area is 177 Å². The molecule has 9 heteroatoms. The lowest BCUT2D eigenvalue weighted by atomic mass is 10.1. The Hall–Kier alpha value is -2.42. The minimum atomic E-state index is -2.28. The molecule has 1 aromatic rings. The van der Waals surface area contributed by atoms with Crippen LogP contribution in [0, 0.1) is 0 Å². The summed E-state index contributed by atoms with van der Waals surface area (Å²) in [6.45, 7) is 6.76. The number of nitrogens with zero attached hydrogens (tertiary/aromatic N) is 2. The first-order valence-corrected chi connectivity index (χ1v) is 10.5. The minimum Gasteiger partial charge on any atom is -0.484 e. The molecule has 0 radical (unpaired) electrons. The zero-order chi connectivity index (χ0) is 21.8. The molecule has 0 aromatic heterocycles. The Morgan fingerprint density at radius 2 is 1.97 bits per heavy atom. The van der Waals surface area contributed by atoms with E-state index >= 15 is 0 Å². The molecule has 1 fully saturated rings. The third-order valence-electron chi connectivity index (χ3n) is 4.73. The zero-order valence-electron chi connectivity index (χ0n) is 17.8. The van der Waals surface area contributed by atoms with Gasteiger partial charge in [-0.15, -0.1) is 0 Å². The lowest BCUT2D eigenvalue weighted by Gasteiger charge is -2.32. The fourth-order valence-electron chi connectivity index (χ4n) is 3.27. The number of piperidine rings is 1. The number of rotatable bonds is 10. The van der Waals surface area contributed by atoms with Gasteiger partial charge in [-0.25, -0.2) is 13.8 Å². The zero-order valence-corrected chi connectivity index (χ0v) is 17.8. The van der Waals surface area contributed by atoms with Gasteiger partial charge in [0.05, 0.1) is 13.1 Å². The third-order valence-corrected chi connectivity index (χ3v) is 4.73. The summed E-state index contributed by atoms with van der Waals surface area (Å²) in [7, 11) is 0. The highest BCUT2D eigenvalue weighted by molar-refractivity contribution is 5.80. The Kier molecular flexibility index (Phi) is 10.3. The predicted molar refractivity (Wildman–Crippen MR) is 114 cm³/mol. The number of hydrogen-bond donors (Lipinski definition) is 3. The van der Waals surface area contributed by atoms with Crippen LogP contribution in [0.5, 0.6) is 5.75 Å². The number of aliphatic imine (C=N–C) groups is 1. The van der Waals surface area contributed by atoms with Crippen LogP contribution in [0.15, 0.2) is 29.3 Å². The van der Waals surface area contributed by atoms with Crippen molar-refractivity contribution in [2.75, 3.05) is 39.3 Å². The van der Waals surface area contributed by atoms with Crippen LogP contribution < -0.4 is 20.7 Å². The van der Waals surface area contributed by atoms with Gasteiger partial charge in [0.25, 0.3) is 12.3 Å². The summed E-state index contributed by atoms with van der Waals surface area (Å²) in [5.74, 6) is 1.18. The van der Waals surface area contributed by atoms with Crippen LogP contribution in [0.25, 0.3) is 0 Å². The summed E-state index contributed by atoms with van der Waals surface area (Å²) in [6.07, 6.45) is -0.672. The highest BCUT2D eigenvalue weighted by Crippen LogP contribution is 2.15. The summed E-state index contributed by atoms with van der Waals surface area (Å²) in [4.78, 5) is 18.0. The van der Waals surface area contributed by atoms with Crippen molar-refractivity contribution in [3.63, 3.8) is 0 Å². The smallest absolute Gasteiger partial charge is 0.257 e. The second-order valence-corrected chi connectivity index (χ2v) is 7.20. The highest BCUT2D eigenvalue weighted by atomic mass is 19.3. The van der Waals surface area contributed by atoms with Crippen molar-refractivity contribution in [3.8, 4) is 5.75 Å². The van der Waals surface area contributed by atoms with Crippen molar-refractivity contribution < 1.29 is 18.3 Å². The van der Waals surface area contributed by atoms with E-state index in [4.69, 9.17) is 4.74 Å². The van der Waals surface area contributed by atoms with Gasteiger partial charge in [0.1, 0.15) is 5.75 Å². The number of benzene rings is 1. The maximum absolute atomic E-state index is 12.5. The molecule has 1 aliphatic heterocycles. The van der Waals surface area contributed by atoms with Crippen LogP contribution in [-0.2, 0) is 11.3 Å². The van der Waals surface area contributed by atoms with Crippen LogP contribution in [0.3, 0.4) is 0 Å². The summed E-state index contributed by atoms with van der Waals surface area (Å²) >= 11 is 0. The van der Waals surface area contributed by atoms with Gasteiger partial charge in [-0.2, -0.15) is 0 Å². The third kappa shape index (κ3) is 8.94. The first-order valence-electron chi connectivity index (χ1n) is 10.5. The summed E-state index contributed by atoms with van der Waals surface area (Å²) in [5, 5.41) is 9.34. The molecule has 2 rings (SSSR count). The summed E-state index contributed by atoms with van der Waals surface area (Å²) in [5.41, 5.74) is 0.965. The molecule has 168 valence electrons. The SMILES string of the molecule is CCNC(=O)COc1cccc(CN=C(NCC)NC2CCN(CC(F)F)CC2)c1. The second kappa shape index (κ2) is 13.0. The van der Waals surface area contributed by atoms with Crippen LogP contribution >= 0.6 is 0 Å². The molecule has 1 heterocycles. The van der Waals surface area contributed by atoms with Gasteiger partial charge in [0, 0.05) is 32.2 Å². The van der Waals surface area contributed by atoms with E-state index in [1.54, 1.807) is 4.90 Å². The topological polar surface area (TPSA) is 78.0 Å². The van der Waals surface area contributed by atoms with E-state index in [2.05, 4.69) is 20.9 Å². The van der Waals surface area contributed by atoms with Crippen LogP contribution in [-0.4, -0.2) is 68.6 Å². The van der Waals surface area contributed by atoms with Crippen molar-refractivity contribution in [1.82, 2.24) is 20.9 Å². The Morgan fingerprint density at radius 3 is 2.63 bits per heavy atom. The van der Waals surface area contributed by atoms with Crippen molar-refractivity contribution in [2.24, 2.45) is 4.99 Å². The summed E-state index contributed by atoms with van der Waals surface area (Å²) < 4.78 is 30.6. The average Bonchev–Trinajstić information content (AvgIpc) is 2.72. The number of nitrogens with one attached hydrogen (secondary N) is 3. The van der Waals surface area contributed by atoms with Crippen LogP contribution in [0.2, 0.25) is 0 Å². The number of likely N-dealkylation sites (tertiary alicyclic amines) is 1. The Morgan fingerprint density at radius 1 is 1.23 bits per heavy atom. The van der Waals surface area contributed by atoms with Gasteiger partial charge in [0.15, 0.2) is 12.6 Å². The van der Waals surface area contributed by atoms with Gasteiger partial charge >= 0.3 is 0 Å². The molecule has 0 bridgehead atoms. The number of ether oxygens (including phenoxy) is 1. The lowest BCUT2D eigenvalue weighted by molar-refractivity contribution is -0.122. The Bertz CT molecular complexity index is 679. The molecule has 30 heavy (non-hydrogen) atoms. The molecular weight excluding hydrogens is 392 g/mol. The summed E-state index contributed by atoms with van der Waals surface area (Å²) in [6, 6.07) is 7.72.